The summed E-state index contributed by atoms with van der Waals surface area (Å²) in [5.74, 6) is 0.0883. The summed E-state index contributed by atoms with van der Waals surface area (Å²) in [5.41, 5.74) is 2.78. The summed E-state index contributed by atoms with van der Waals surface area (Å²) < 4.78 is 0.546. The predicted octanol–water partition coefficient (Wildman–Crippen LogP) is 2.88. The van der Waals surface area contributed by atoms with Gasteiger partial charge in [0.05, 0.1) is 0 Å². The van der Waals surface area contributed by atoms with Crippen LogP contribution < -0.4 is 0 Å². The Balaban J connectivity index is 2.27. The molecule has 0 saturated heterocycles. The number of rotatable bonds is 3. The zero-order valence-corrected chi connectivity index (χ0v) is 12.2. The van der Waals surface area contributed by atoms with Crippen LogP contribution in [0.5, 0.6) is 0 Å². The molecule has 86 valence electrons. The van der Waals surface area contributed by atoms with E-state index in [1.807, 2.05) is 54.6 Å². The number of ketones is 1. The maximum atomic E-state index is 12.1. The van der Waals surface area contributed by atoms with Gasteiger partial charge >= 0.3 is 115 Å². The molecule has 0 bridgehead atoms. The predicted molar refractivity (Wildman–Crippen MR) is 71.9 cm³/mol. The molecule has 0 fully saturated rings. The molecule has 0 aromatic heterocycles. The molecule has 0 heterocycles. The molecule has 2 aromatic carbocycles. The van der Waals surface area contributed by atoms with Gasteiger partial charge in [-0.15, -0.1) is 0 Å². The summed E-state index contributed by atoms with van der Waals surface area (Å²) in [4.78, 5) is 12.1. The van der Waals surface area contributed by atoms with Crippen molar-refractivity contribution in [2.24, 2.45) is 0 Å². The van der Waals surface area contributed by atoms with E-state index >= 15 is 0 Å². The van der Waals surface area contributed by atoms with Crippen molar-refractivity contribution in [3.63, 3.8) is 0 Å². The van der Waals surface area contributed by atoms with Crippen molar-refractivity contribution in [2.45, 2.75) is 10.9 Å². The zero-order chi connectivity index (χ0) is 12.3. The van der Waals surface area contributed by atoms with Crippen LogP contribution >= 0.6 is 0 Å². The van der Waals surface area contributed by atoms with Gasteiger partial charge in [0, 0.05) is 0 Å². The third-order valence-corrected chi connectivity index (χ3v) is 3.54. The molecule has 2 aromatic rings. The van der Waals surface area contributed by atoms with Gasteiger partial charge in [0.2, 0.25) is 0 Å². The zero-order valence-electron chi connectivity index (χ0n) is 9.63. The molecule has 2 rings (SSSR count). The van der Waals surface area contributed by atoms with E-state index in [9.17, 15) is 4.79 Å². The van der Waals surface area contributed by atoms with Gasteiger partial charge in [-0.2, -0.15) is 0 Å². The first-order chi connectivity index (χ1) is 8.18. The van der Waals surface area contributed by atoms with E-state index in [1.54, 1.807) is 22.3 Å². The minimum atomic E-state index is 0.0883. The Kier molecular flexibility index (Phi) is 3.99. The standard InChI is InChI=1S/C15H14OTe/c1-11(17)12-7-9-14(10-8-12)15(16)13-5-3-2-4-6-13/h2-11,17H,1H3. The van der Waals surface area contributed by atoms with E-state index in [2.05, 4.69) is 6.92 Å². The number of benzene rings is 2. The van der Waals surface area contributed by atoms with Gasteiger partial charge in [0.25, 0.3) is 0 Å². The van der Waals surface area contributed by atoms with E-state index in [1.165, 1.54) is 5.56 Å². The first-order valence-corrected chi connectivity index (χ1v) is 7.03. The second-order valence-electron chi connectivity index (χ2n) is 3.99. The third kappa shape index (κ3) is 2.97. The van der Waals surface area contributed by atoms with Gasteiger partial charge in [-0.05, 0) is 0 Å². The van der Waals surface area contributed by atoms with Crippen molar-refractivity contribution in [1.82, 2.24) is 0 Å². The number of carbonyl (C=O) groups excluding carboxylic acids is 1. The first kappa shape index (κ1) is 12.4. The fourth-order valence-corrected chi connectivity index (χ4v) is 2.16. The molecular weight excluding hydrogens is 324 g/mol. The summed E-state index contributed by atoms with van der Waals surface area (Å²) in [6, 6.07) is 17.3. The van der Waals surface area contributed by atoms with Gasteiger partial charge in [-0.25, -0.2) is 0 Å². The Morgan fingerprint density at radius 3 is 2.00 bits per heavy atom. The fourth-order valence-electron chi connectivity index (χ4n) is 1.67. The third-order valence-electron chi connectivity index (χ3n) is 2.69. The van der Waals surface area contributed by atoms with Crippen LogP contribution in [0.2, 0.25) is 0 Å². The Morgan fingerprint density at radius 2 is 1.47 bits per heavy atom. The topological polar surface area (TPSA) is 17.1 Å². The molecular formula is C15H14OTe. The Bertz CT molecular complexity index is 500. The van der Waals surface area contributed by atoms with Crippen LogP contribution in [0.3, 0.4) is 0 Å². The molecule has 0 spiro atoms. The molecule has 0 amide bonds. The van der Waals surface area contributed by atoms with Crippen molar-refractivity contribution in [3.8, 4) is 0 Å². The van der Waals surface area contributed by atoms with Gasteiger partial charge in [-0.1, -0.05) is 0 Å². The van der Waals surface area contributed by atoms with Crippen molar-refractivity contribution in [2.75, 3.05) is 0 Å². The summed E-state index contributed by atoms with van der Waals surface area (Å²) in [6.45, 7) is 2.17. The average molecular weight is 338 g/mol. The van der Waals surface area contributed by atoms with Crippen molar-refractivity contribution in [1.29, 1.82) is 0 Å². The molecule has 0 aliphatic heterocycles. The molecule has 1 atom stereocenters. The first-order valence-electron chi connectivity index (χ1n) is 5.56. The normalized spacial score (nSPS) is 12.1. The molecule has 1 unspecified atom stereocenters. The number of hydrogen-bond acceptors (Lipinski definition) is 1. The molecule has 0 aliphatic carbocycles. The SMILES string of the molecule is CC([TeH])c1ccc(C(=O)c2ccccc2)cc1. The fraction of sp³-hybridized carbons (Fsp3) is 0.133. The van der Waals surface area contributed by atoms with Crippen LogP contribution in [0.15, 0.2) is 54.6 Å². The van der Waals surface area contributed by atoms with Crippen molar-refractivity contribution < 1.29 is 4.79 Å². The van der Waals surface area contributed by atoms with E-state index in [0.717, 1.165) is 11.1 Å². The molecule has 0 saturated carbocycles. The number of hydrogen-bond donors (Lipinski definition) is 0. The second kappa shape index (κ2) is 5.49. The second-order valence-corrected chi connectivity index (χ2v) is 6.20. The van der Waals surface area contributed by atoms with Crippen LogP contribution in [0, 0.1) is 0 Å². The Morgan fingerprint density at radius 1 is 0.941 bits per heavy atom. The Hall–Kier alpha value is -1.10. The van der Waals surface area contributed by atoms with E-state index in [4.69, 9.17) is 0 Å². The molecule has 0 N–H and O–H groups in total. The van der Waals surface area contributed by atoms with E-state index < -0.39 is 0 Å². The van der Waals surface area contributed by atoms with Crippen LogP contribution in [0.25, 0.3) is 0 Å². The van der Waals surface area contributed by atoms with Crippen LogP contribution in [-0.2, 0) is 0 Å². The van der Waals surface area contributed by atoms with Crippen LogP contribution in [0.4, 0.5) is 0 Å². The van der Waals surface area contributed by atoms with Crippen molar-refractivity contribution >= 4 is 28.1 Å². The van der Waals surface area contributed by atoms with Crippen LogP contribution in [0.1, 0.15) is 32.4 Å². The minimum absolute atomic E-state index is 0.0883. The summed E-state index contributed by atoms with van der Waals surface area (Å²) in [6.07, 6.45) is 0. The summed E-state index contributed by atoms with van der Waals surface area (Å²) in [7, 11) is 0. The van der Waals surface area contributed by atoms with Crippen molar-refractivity contribution in [3.05, 3.63) is 71.3 Å². The van der Waals surface area contributed by atoms with Gasteiger partial charge < -0.3 is 0 Å². The van der Waals surface area contributed by atoms with Crippen LogP contribution in [-0.4, -0.2) is 28.1 Å². The monoisotopic (exact) mass is 340 g/mol. The molecule has 17 heavy (non-hydrogen) atoms. The summed E-state index contributed by atoms with van der Waals surface area (Å²) in [5, 5.41) is 0. The molecule has 1 nitrogen and oxygen atoms in total. The Labute approximate surface area is 115 Å². The molecule has 2 heteroatoms. The van der Waals surface area contributed by atoms with Gasteiger partial charge in [0.1, 0.15) is 0 Å². The molecule has 0 aliphatic rings. The number of carbonyl (C=O) groups is 1. The maximum absolute atomic E-state index is 12.1. The van der Waals surface area contributed by atoms with E-state index in [-0.39, 0.29) is 5.78 Å². The molecule has 0 radical (unpaired) electrons. The summed E-state index contributed by atoms with van der Waals surface area (Å²) >= 11 is 1.78. The quantitative estimate of drug-likeness (QED) is 0.622. The van der Waals surface area contributed by atoms with Gasteiger partial charge in [0.15, 0.2) is 0 Å². The average Bonchev–Trinajstić information content (AvgIpc) is 2.39. The van der Waals surface area contributed by atoms with E-state index in [0.29, 0.717) is 3.97 Å². The van der Waals surface area contributed by atoms with Gasteiger partial charge in [-0.3, -0.25) is 0 Å².